The molecule has 2 aromatic carbocycles. The van der Waals surface area contributed by atoms with E-state index in [0.717, 1.165) is 22.4 Å². The van der Waals surface area contributed by atoms with Crippen LogP contribution in [0.1, 0.15) is 15.9 Å². The molecule has 160 valence electrons. The molecular formula is C24H24N2O5. The number of Topliss-reactive ketones (excluding diaryl/α,β-unsaturated/α-hetero) is 1. The van der Waals surface area contributed by atoms with E-state index in [9.17, 15) is 9.59 Å². The fraction of sp³-hybridized carbons (Fsp3) is 0.250. The maximum atomic E-state index is 13.4. The molecule has 1 aliphatic rings. The molecule has 7 nitrogen and oxygen atoms in total. The van der Waals surface area contributed by atoms with Gasteiger partial charge in [0.15, 0.2) is 5.78 Å². The highest BCUT2D eigenvalue weighted by molar-refractivity contribution is 5.97. The number of morpholine rings is 1. The maximum absolute atomic E-state index is 13.4. The van der Waals surface area contributed by atoms with Crippen molar-refractivity contribution in [2.24, 2.45) is 0 Å². The van der Waals surface area contributed by atoms with E-state index in [0.29, 0.717) is 38.4 Å². The van der Waals surface area contributed by atoms with Gasteiger partial charge in [-0.15, -0.1) is 0 Å². The van der Waals surface area contributed by atoms with Gasteiger partial charge in [-0.2, -0.15) is 0 Å². The molecule has 0 radical (unpaired) electrons. The number of rotatable bonds is 6. The second kappa shape index (κ2) is 9.59. The molecule has 7 heteroatoms. The third kappa shape index (κ3) is 4.84. The largest absolute Gasteiger partial charge is 0.472 e. The standard InChI is InChI=1S/C24H24N2O5/c27-16-23(28)19-6-4-18(5-7-19)15-26(24(29)25-9-12-30-13-10-25)22-3-1-2-20(14-22)21-8-11-31-17-21/h1-8,11,14,17,27H,9-10,12-13,15-16H2. The fourth-order valence-corrected chi connectivity index (χ4v) is 3.55. The highest BCUT2D eigenvalue weighted by atomic mass is 16.5. The van der Waals surface area contributed by atoms with Crippen LogP contribution < -0.4 is 4.90 Å². The predicted octanol–water partition coefficient (Wildman–Crippen LogP) is 3.58. The summed E-state index contributed by atoms with van der Waals surface area (Å²) in [6.45, 7) is 1.95. The van der Waals surface area contributed by atoms with Crippen molar-refractivity contribution in [3.63, 3.8) is 0 Å². The maximum Gasteiger partial charge on any atom is 0.324 e. The third-order valence-electron chi connectivity index (χ3n) is 5.29. The molecule has 31 heavy (non-hydrogen) atoms. The Morgan fingerprint density at radius 2 is 1.77 bits per heavy atom. The number of anilines is 1. The van der Waals surface area contributed by atoms with Crippen molar-refractivity contribution >= 4 is 17.5 Å². The number of carbonyl (C=O) groups is 2. The van der Waals surface area contributed by atoms with Crippen LogP contribution in [-0.4, -0.2) is 54.7 Å². The van der Waals surface area contributed by atoms with Gasteiger partial charge in [0, 0.05) is 29.9 Å². The first-order valence-electron chi connectivity index (χ1n) is 10.2. The number of nitrogens with zero attached hydrogens (tertiary/aromatic N) is 2. The second-order valence-electron chi connectivity index (χ2n) is 7.31. The van der Waals surface area contributed by atoms with E-state index in [4.69, 9.17) is 14.3 Å². The quantitative estimate of drug-likeness (QED) is 0.617. The first-order valence-corrected chi connectivity index (χ1v) is 10.2. The summed E-state index contributed by atoms with van der Waals surface area (Å²) in [6, 6.07) is 16.5. The van der Waals surface area contributed by atoms with E-state index in [1.165, 1.54) is 0 Å². The Labute approximate surface area is 180 Å². The zero-order valence-electron chi connectivity index (χ0n) is 17.1. The van der Waals surface area contributed by atoms with Crippen molar-refractivity contribution in [3.8, 4) is 11.1 Å². The lowest BCUT2D eigenvalue weighted by Gasteiger charge is -2.33. The number of carbonyl (C=O) groups excluding carboxylic acids is 2. The molecule has 1 N–H and O–H groups in total. The molecule has 1 aliphatic heterocycles. The Morgan fingerprint density at radius 3 is 2.45 bits per heavy atom. The summed E-state index contributed by atoms with van der Waals surface area (Å²) >= 11 is 0. The van der Waals surface area contributed by atoms with Gasteiger partial charge in [-0.1, -0.05) is 36.4 Å². The number of amides is 2. The number of hydrogen-bond acceptors (Lipinski definition) is 5. The number of aliphatic hydroxyl groups is 1. The number of aliphatic hydroxyl groups excluding tert-OH is 1. The summed E-state index contributed by atoms with van der Waals surface area (Å²) in [5.74, 6) is -0.333. The van der Waals surface area contributed by atoms with Crippen LogP contribution in [0.2, 0.25) is 0 Å². The first-order chi connectivity index (χ1) is 15.2. The summed E-state index contributed by atoms with van der Waals surface area (Å²) < 4.78 is 10.6. The van der Waals surface area contributed by atoms with Crippen LogP contribution in [0, 0.1) is 0 Å². The van der Waals surface area contributed by atoms with Gasteiger partial charge in [0.05, 0.1) is 32.3 Å². The molecule has 1 aromatic heterocycles. The van der Waals surface area contributed by atoms with Gasteiger partial charge in [0.25, 0.3) is 0 Å². The number of benzene rings is 2. The summed E-state index contributed by atoms with van der Waals surface area (Å²) in [5, 5.41) is 9.05. The zero-order valence-corrected chi connectivity index (χ0v) is 17.1. The van der Waals surface area contributed by atoms with Crippen LogP contribution in [0.3, 0.4) is 0 Å². The lowest BCUT2D eigenvalue weighted by atomic mass is 10.1. The van der Waals surface area contributed by atoms with Gasteiger partial charge in [-0.3, -0.25) is 9.69 Å². The Bertz CT molecular complexity index is 1020. The monoisotopic (exact) mass is 420 g/mol. The molecule has 0 unspecified atom stereocenters. The molecule has 4 rings (SSSR count). The van der Waals surface area contributed by atoms with Gasteiger partial charge >= 0.3 is 6.03 Å². The van der Waals surface area contributed by atoms with E-state index >= 15 is 0 Å². The van der Waals surface area contributed by atoms with Crippen molar-refractivity contribution < 1.29 is 23.8 Å². The van der Waals surface area contributed by atoms with Crippen LogP contribution in [0.25, 0.3) is 11.1 Å². The van der Waals surface area contributed by atoms with Crippen molar-refractivity contribution in [2.75, 3.05) is 37.8 Å². The average Bonchev–Trinajstić information content (AvgIpc) is 3.38. The molecule has 0 saturated carbocycles. The van der Waals surface area contributed by atoms with Gasteiger partial charge in [-0.25, -0.2) is 4.79 Å². The van der Waals surface area contributed by atoms with E-state index in [-0.39, 0.29) is 11.8 Å². The normalized spacial score (nSPS) is 13.8. The molecule has 3 aromatic rings. The molecule has 2 amide bonds. The highest BCUT2D eigenvalue weighted by Crippen LogP contribution is 2.27. The van der Waals surface area contributed by atoms with Crippen LogP contribution in [0.15, 0.2) is 71.5 Å². The Morgan fingerprint density at radius 1 is 1.00 bits per heavy atom. The predicted molar refractivity (Wildman–Crippen MR) is 116 cm³/mol. The summed E-state index contributed by atoms with van der Waals surface area (Å²) in [7, 11) is 0. The summed E-state index contributed by atoms with van der Waals surface area (Å²) in [4.78, 5) is 28.6. The SMILES string of the molecule is O=C(CO)c1ccc(CN(C(=O)N2CCOCC2)c2cccc(-c3ccoc3)c2)cc1. The van der Waals surface area contributed by atoms with E-state index in [1.807, 2.05) is 42.5 Å². The van der Waals surface area contributed by atoms with Gasteiger partial charge < -0.3 is 19.2 Å². The Balaban J connectivity index is 1.64. The van der Waals surface area contributed by atoms with Crippen LogP contribution in [0.5, 0.6) is 0 Å². The molecule has 0 spiro atoms. The molecule has 1 fully saturated rings. The fourth-order valence-electron chi connectivity index (χ4n) is 3.55. The molecule has 2 heterocycles. The van der Waals surface area contributed by atoms with Crippen molar-refractivity contribution in [1.82, 2.24) is 4.90 Å². The lowest BCUT2D eigenvalue weighted by molar-refractivity contribution is 0.0548. The molecule has 0 atom stereocenters. The molecular weight excluding hydrogens is 396 g/mol. The zero-order chi connectivity index (χ0) is 21.6. The Kier molecular flexibility index (Phi) is 6.45. The van der Waals surface area contributed by atoms with Crippen LogP contribution in [0.4, 0.5) is 10.5 Å². The molecule has 0 bridgehead atoms. The van der Waals surface area contributed by atoms with Crippen LogP contribution >= 0.6 is 0 Å². The topological polar surface area (TPSA) is 83.2 Å². The number of urea groups is 1. The number of ether oxygens (including phenoxy) is 1. The van der Waals surface area contributed by atoms with Crippen molar-refractivity contribution in [3.05, 3.63) is 78.3 Å². The molecule has 1 saturated heterocycles. The second-order valence-corrected chi connectivity index (χ2v) is 7.31. The summed E-state index contributed by atoms with van der Waals surface area (Å²) in [5.41, 5.74) is 3.98. The van der Waals surface area contributed by atoms with E-state index in [1.54, 1.807) is 34.5 Å². The van der Waals surface area contributed by atoms with E-state index in [2.05, 4.69) is 0 Å². The average molecular weight is 420 g/mol. The number of hydrogen-bond donors (Lipinski definition) is 1. The number of furan rings is 1. The smallest absolute Gasteiger partial charge is 0.324 e. The first kappa shape index (κ1) is 20.8. The third-order valence-corrected chi connectivity index (χ3v) is 5.29. The van der Waals surface area contributed by atoms with Crippen LogP contribution in [-0.2, 0) is 11.3 Å². The minimum Gasteiger partial charge on any atom is -0.472 e. The van der Waals surface area contributed by atoms with Crippen molar-refractivity contribution in [1.29, 1.82) is 0 Å². The molecule has 0 aliphatic carbocycles. The van der Waals surface area contributed by atoms with E-state index < -0.39 is 6.61 Å². The number of ketones is 1. The van der Waals surface area contributed by atoms with Gasteiger partial charge in [-0.05, 0) is 29.3 Å². The minimum atomic E-state index is -0.526. The Hall–Kier alpha value is -3.42. The summed E-state index contributed by atoms with van der Waals surface area (Å²) in [6.07, 6.45) is 3.29. The highest BCUT2D eigenvalue weighted by Gasteiger charge is 2.25. The minimum absolute atomic E-state index is 0.0943. The van der Waals surface area contributed by atoms with Gasteiger partial charge in [0.1, 0.15) is 6.61 Å². The van der Waals surface area contributed by atoms with Gasteiger partial charge in [0.2, 0.25) is 0 Å². The lowest BCUT2D eigenvalue weighted by Crippen LogP contribution is -2.48. The van der Waals surface area contributed by atoms with Crippen molar-refractivity contribution in [2.45, 2.75) is 6.54 Å².